The lowest BCUT2D eigenvalue weighted by molar-refractivity contribution is 0.0776. The SMILES string of the molecule is CCNC(=NCc1ccccc1OC)NCCCOC(C)C.I. The lowest BCUT2D eigenvalue weighted by atomic mass is 10.2. The number of rotatable bonds is 9. The molecule has 5 nitrogen and oxygen atoms in total. The fourth-order valence-corrected chi connectivity index (χ4v) is 1.94. The molecule has 132 valence electrons. The first-order valence-corrected chi connectivity index (χ1v) is 7.93. The maximum absolute atomic E-state index is 5.53. The van der Waals surface area contributed by atoms with E-state index in [9.17, 15) is 0 Å². The highest BCUT2D eigenvalue weighted by molar-refractivity contribution is 14.0. The highest BCUT2D eigenvalue weighted by atomic mass is 127. The van der Waals surface area contributed by atoms with Gasteiger partial charge in [0, 0.05) is 25.3 Å². The summed E-state index contributed by atoms with van der Waals surface area (Å²) in [4.78, 5) is 4.60. The number of benzene rings is 1. The molecule has 0 fully saturated rings. The molecule has 0 aromatic heterocycles. The Kier molecular flexibility index (Phi) is 12.8. The van der Waals surface area contributed by atoms with Crippen molar-refractivity contribution in [3.8, 4) is 5.75 Å². The third-order valence-corrected chi connectivity index (χ3v) is 3.01. The van der Waals surface area contributed by atoms with Crippen LogP contribution in [0.4, 0.5) is 0 Å². The maximum atomic E-state index is 5.53. The molecule has 0 aliphatic carbocycles. The predicted molar refractivity (Wildman–Crippen MR) is 107 cm³/mol. The first-order valence-electron chi connectivity index (χ1n) is 7.93. The average Bonchev–Trinajstić information content (AvgIpc) is 2.52. The van der Waals surface area contributed by atoms with Gasteiger partial charge in [-0.25, -0.2) is 4.99 Å². The number of guanidine groups is 1. The normalized spacial score (nSPS) is 11.1. The quantitative estimate of drug-likeness (QED) is 0.271. The van der Waals surface area contributed by atoms with Crippen molar-refractivity contribution in [1.82, 2.24) is 10.6 Å². The molecule has 1 aromatic rings. The van der Waals surface area contributed by atoms with Crippen molar-refractivity contribution >= 4 is 29.9 Å². The minimum atomic E-state index is 0. The van der Waals surface area contributed by atoms with Crippen LogP contribution in [0.3, 0.4) is 0 Å². The molecule has 0 bridgehead atoms. The van der Waals surface area contributed by atoms with Crippen LogP contribution in [-0.2, 0) is 11.3 Å². The standard InChI is InChI=1S/C17H29N3O2.HI/c1-5-18-17(19-11-8-12-22-14(2)3)20-13-15-9-6-7-10-16(15)21-4;/h6-7,9-10,14H,5,8,11-13H2,1-4H3,(H2,18,19,20);1H. The van der Waals surface area contributed by atoms with E-state index in [0.29, 0.717) is 6.54 Å². The third kappa shape index (κ3) is 9.65. The molecule has 0 saturated heterocycles. The van der Waals surface area contributed by atoms with Crippen molar-refractivity contribution in [1.29, 1.82) is 0 Å². The van der Waals surface area contributed by atoms with Crippen molar-refractivity contribution < 1.29 is 9.47 Å². The third-order valence-electron chi connectivity index (χ3n) is 3.01. The van der Waals surface area contributed by atoms with Crippen LogP contribution in [-0.4, -0.2) is 38.9 Å². The van der Waals surface area contributed by atoms with E-state index in [0.717, 1.165) is 43.4 Å². The van der Waals surface area contributed by atoms with Gasteiger partial charge in [0.2, 0.25) is 0 Å². The van der Waals surface area contributed by atoms with Gasteiger partial charge in [0.25, 0.3) is 0 Å². The van der Waals surface area contributed by atoms with Crippen LogP contribution in [0.2, 0.25) is 0 Å². The lowest BCUT2D eigenvalue weighted by Crippen LogP contribution is -2.38. The van der Waals surface area contributed by atoms with E-state index >= 15 is 0 Å². The van der Waals surface area contributed by atoms with Crippen molar-refractivity contribution in [3.63, 3.8) is 0 Å². The summed E-state index contributed by atoms with van der Waals surface area (Å²) in [7, 11) is 1.68. The summed E-state index contributed by atoms with van der Waals surface area (Å²) in [5.41, 5.74) is 1.07. The number of hydrogen-bond donors (Lipinski definition) is 2. The van der Waals surface area contributed by atoms with E-state index in [-0.39, 0.29) is 30.1 Å². The Morgan fingerprint density at radius 2 is 1.96 bits per heavy atom. The van der Waals surface area contributed by atoms with Gasteiger partial charge in [-0.15, -0.1) is 24.0 Å². The summed E-state index contributed by atoms with van der Waals surface area (Å²) in [6.07, 6.45) is 1.24. The van der Waals surface area contributed by atoms with Gasteiger partial charge < -0.3 is 20.1 Å². The highest BCUT2D eigenvalue weighted by Crippen LogP contribution is 2.17. The second kappa shape index (κ2) is 13.4. The van der Waals surface area contributed by atoms with E-state index in [2.05, 4.69) is 22.5 Å². The van der Waals surface area contributed by atoms with Crippen LogP contribution < -0.4 is 15.4 Å². The molecule has 23 heavy (non-hydrogen) atoms. The van der Waals surface area contributed by atoms with E-state index < -0.39 is 0 Å². The number of para-hydroxylation sites is 1. The molecule has 0 saturated carbocycles. The number of hydrogen-bond acceptors (Lipinski definition) is 3. The smallest absolute Gasteiger partial charge is 0.191 e. The van der Waals surface area contributed by atoms with Crippen molar-refractivity contribution in [2.45, 2.75) is 39.8 Å². The summed E-state index contributed by atoms with van der Waals surface area (Å²) in [6, 6.07) is 7.94. The predicted octanol–water partition coefficient (Wildman–Crippen LogP) is 3.18. The van der Waals surface area contributed by atoms with Crippen LogP contribution in [0.15, 0.2) is 29.3 Å². The molecule has 1 rings (SSSR count). The van der Waals surface area contributed by atoms with Crippen molar-refractivity contribution in [2.24, 2.45) is 4.99 Å². The zero-order valence-electron chi connectivity index (χ0n) is 14.6. The molecule has 1 aromatic carbocycles. The van der Waals surface area contributed by atoms with Gasteiger partial charge in [0.15, 0.2) is 5.96 Å². The number of nitrogens with zero attached hydrogens (tertiary/aromatic N) is 1. The molecule has 0 spiro atoms. The molecule has 0 amide bonds. The molecular formula is C17H30IN3O2. The lowest BCUT2D eigenvalue weighted by Gasteiger charge is -2.13. The fourth-order valence-electron chi connectivity index (χ4n) is 1.94. The first-order chi connectivity index (χ1) is 10.7. The van der Waals surface area contributed by atoms with Gasteiger partial charge in [-0.05, 0) is 33.3 Å². The maximum Gasteiger partial charge on any atom is 0.191 e. The van der Waals surface area contributed by atoms with Crippen LogP contribution in [0.5, 0.6) is 5.75 Å². The highest BCUT2D eigenvalue weighted by Gasteiger charge is 2.02. The molecule has 6 heteroatoms. The second-order valence-electron chi connectivity index (χ2n) is 5.21. The molecular weight excluding hydrogens is 405 g/mol. The molecule has 0 radical (unpaired) electrons. The number of ether oxygens (including phenoxy) is 2. The summed E-state index contributed by atoms with van der Waals surface area (Å²) < 4.78 is 10.9. The first kappa shape index (κ1) is 22.0. The molecule has 0 aliphatic heterocycles. The molecule has 0 aliphatic rings. The number of methoxy groups -OCH3 is 1. The molecule has 0 unspecified atom stereocenters. The van der Waals surface area contributed by atoms with Gasteiger partial charge in [-0.2, -0.15) is 0 Å². The average molecular weight is 435 g/mol. The minimum absolute atomic E-state index is 0. The molecule has 2 N–H and O–H groups in total. The van der Waals surface area contributed by atoms with Crippen LogP contribution in [0, 0.1) is 0 Å². The molecule has 0 heterocycles. The van der Waals surface area contributed by atoms with Crippen molar-refractivity contribution in [3.05, 3.63) is 29.8 Å². The zero-order valence-corrected chi connectivity index (χ0v) is 16.9. The second-order valence-corrected chi connectivity index (χ2v) is 5.21. The van der Waals surface area contributed by atoms with E-state index in [1.807, 2.05) is 38.1 Å². The minimum Gasteiger partial charge on any atom is -0.496 e. The monoisotopic (exact) mass is 435 g/mol. The summed E-state index contributed by atoms with van der Waals surface area (Å²) in [5.74, 6) is 1.69. The Labute approximate surface area is 157 Å². The Hall–Kier alpha value is -1.02. The van der Waals surface area contributed by atoms with Gasteiger partial charge in [-0.3, -0.25) is 0 Å². The fraction of sp³-hybridized carbons (Fsp3) is 0.588. The van der Waals surface area contributed by atoms with Crippen LogP contribution >= 0.6 is 24.0 Å². The zero-order chi connectivity index (χ0) is 16.2. The number of aliphatic imine (C=N–C) groups is 1. The van der Waals surface area contributed by atoms with Gasteiger partial charge in [0.1, 0.15) is 5.75 Å². The van der Waals surface area contributed by atoms with Crippen molar-refractivity contribution in [2.75, 3.05) is 26.8 Å². The Bertz CT molecular complexity index is 453. The largest absolute Gasteiger partial charge is 0.496 e. The summed E-state index contributed by atoms with van der Waals surface area (Å²) in [6.45, 7) is 9.17. The van der Waals surface area contributed by atoms with Crippen LogP contribution in [0.25, 0.3) is 0 Å². The van der Waals surface area contributed by atoms with E-state index in [1.54, 1.807) is 7.11 Å². The Morgan fingerprint density at radius 1 is 1.22 bits per heavy atom. The Balaban J connectivity index is 0.00000484. The van der Waals surface area contributed by atoms with E-state index in [4.69, 9.17) is 9.47 Å². The molecule has 0 atom stereocenters. The Morgan fingerprint density at radius 3 is 2.61 bits per heavy atom. The topological polar surface area (TPSA) is 54.9 Å². The van der Waals surface area contributed by atoms with E-state index in [1.165, 1.54) is 0 Å². The van der Waals surface area contributed by atoms with Crippen LogP contribution in [0.1, 0.15) is 32.8 Å². The number of halogens is 1. The van der Waals surface area contributed by atoms with Gasteiger partial charge in [0.05, 0.1) is 19.8 Å². The number of nitrogens with one attached hydrogen (secondary N) is 2. The van der Waals surface area contributed by atoms with Gasteiger partial charge >= 0.3 is 0 Å². The summed E-state index contributed by atoms with van der Waals surface area (Å²) in [5, 5.41) is 6.57. The summed E-state index contributed by atoms with van der Waals surface area (Å²) >= 11 is 0. The van der Waals surface area contributed by atoms with Gasteiger partial charge in [-0.1, -0.05) is 18.2 Å².